The average Bonchev–Trinajstić information content (AvgIpc) is 2.62. The highest BCUT2D eigenvalue weighted by Crippen LogP contribution is 2.41. The third-order valence-corrected chi connectivity index (χ3v) is 4.77. The van der Waals surface area contributed by atoms with E-state index in [0.717, 1.165) is 16.7 Å². The Kier molecular flexibility index (Phi) is 8.74. The summed E-state index contributed by atoms with van der Waals surface area (Å²) in [6, 6.07) is 3.93. The van der Waals surface area contributed by atoms with Crippen molar-refractivity contribution < 1.29 is 27.8 Å². The second-order valence-corrected chi connectivity index (χ2v) is 9.61. The van der Waals surface area contributed by atoms with E-state index in [1.807, 2.05) is 32.9 Å². The fraction of sp³-hybridized carbons (Fsp3) is 0.480. The highest BCUT2D eigenvalue weighted by atomic mass is 19.3. The quantitative estimate of drug-likeness (QED) is 0.361. The SMILES string of the molecule is CC(/C=C/C=C(\C)c1cc(C(C)(C)C)cc(C(C)(C)C)c1OCC(F)F)=C(/F)C(=O)O. The maximum atomic E-state index is 13.5. The molecular formula is C25H33F3O3. The lowest BCUT2D eigenvalue weighted by atomic mass is 9.78. The Morgan fingerprint density at radius 3 is 2.13 bits per heavy atom. The van der Waals surface area contributed by atoms with Gasteiger partial charge in [0.1, 0.15) is 12.4 Å². The summed E-state index contributed by atoms with van der Waals surface area (Å²) in [5.74, 6) is -2.46. The van der Waals surface area contributed by atoms with Crippen molar-refractivity contribution in [1.82, 2.24) is 0 Å². The van der Waals surface area contributed by atoms with Crippen molar-refractivity contribution in [2.45, 2.75) is 72.6 Å². The Morgan fingerprint density at radius 2 is 1.68 bits per heavy atom. The van der Waals surface area contributed by atoms with Gasteiger partial charge >= 0.3 is 5.97 Å². The highest BCUT2D eigenvalue weighted by Gasteiger charge is 2.27. The van der Waals surface area contributed by atoms with Gasteiger partial charge in [0, 0.05) is 11.1 Å². The van der Waals surface area contributed by atoms with E-state index in [0.29, 0.717) is 11.3 Å². The Bertz CT molecular complexity index is 896. The van der Waals surface area contributed by atoms with Gasteiger partial charge in [0.05, 0.1) is 0 Å². The zero-order chi connectivity index (χ0) is 24.1. The van der Waals surface area contributed by atoms with Gasteiger partial charge in [-0.15, -0.1) is 0 Å². The lowest BCUT2D eigenvalue weighted by Crippen LogP contribution is -2.20. The molecule has 1 aromatic rings. The topological polar surface area (TPSA) is 46.5 Å². The third-order valence-electron chi connectivity index (χ3n) is 4.77. The van der Waals surface area contributed by atoms with Crippen molar-refractivity contribution in [2.24, 2.45) is 0 Å². The van der Waals surface area contributed by atoms with Gasteiger partial charge in [-0.3, -0.25) is 0 Å². The minimum Gasteiger partial charge on any atom is -0.487 e. The molecule has 3 nitrogen and oxygen atoms in total. The molecule has 0 radical (unpaired) electrons. The Morgan fingerprint density at radius 1 is 1.10 bits per heavy atom. The molecular weight excluding hydrogens is 405 g/mol. The van der Waals surface area contributed by atoms with Crippen LogP contribution in [0.4, 0.5) is 13.2 Å². The summed E-state index contributed by atoms with van der Waals surface area (Å²) < 4.78 is 45.0. The van der Waals surface area contributed by atoms with E-state index in [1.165, 1.54) is 19.1 Å². The average molecular weight is 439 g/mol. The van der Waals surface area contributed by atoms with Crippen LogP contribution in [0.25, 0.3) is 5.57 Å². The summed E-state index contributed by atoms with van der Waals surface area (Å²) >= 11 is 0. The number of benzene rings is 1. The first-order valence-corrected chi connectivity index (χ1v) is 10.1. The molecule has 0 spiro atoms. The molecule has 31 heavy (non-hydrogen) atoms. The molecule has 172 valence electrons. The molecule has 0 aliphatic carbocycles. The molecule has 0 aromatic heterocycles. The zero-order valence-corrected chi connectivity index (χ0v) is 19.6. The molecule has 0 saturated carbocycles. The minimum absolute atomic E-state index is 0.0236. The van der Waals surface area contributed by atoms with Crippen LogP contribution in [0.15, 0.2) is 41.8 Å². The monoisotopic (exact) mass is 438 g/mol. The van der Waals surface area contributed by atoms with Crippen molar-refractivity contribution in [3.8, 4) is 5.75 Å². The van der Waals surface area contributed by atoms with Gasteiger partial charge in [0.15, 0.2) is 0 Å². The van der Waals surface area contributed by atoms with Crippen LogP contribution >= 0.6 is 0 Å². The fourth-order valence-electron chi connectivity index (χ4n) is 2.88. The van der Waals surface area contributed by atoms with E-state index >= 15 is 0 Å². The van der Waals surface area contributed by atoms with Crippen LogP contribution in [-0.4, -0.2) is 24.1 Å². The molecule has 0 saturated heterocycles. The Hall–Kier alpha value is -2.50. The molecule has 1 aromatic carbocycles. The van der Waals surface area contributed by atoms with Crippen molar-refractivity contribution >= 4 is 11.5 Å². The van der Waals surface area contributed by atoms with Gasteiger partial charge in [-0.25, -0.2) is 13.6 Å². The Balaban J connectivity index is 3.67. The maximum Gasteiger partial charge on any atom is 0.365 e. The number of halogens is 3. The molecule has 1 rings (SSSR count). The van der Waals surface area contributed by atoms with Crippen molar-refractivity contribution in [3.05, 3.63) is 58.5 Å². The normalized spacial score (nSPS) is 14.3. The van der Waals surface area contributed by atoms with Crippen LogP contribution in [0.1, 0.15) is 72.1 Å². The number of alkyl halides is 2. The van der Waals surface area contributed by atoms with Gasteiger partial charge in [-0.05, 0) is 47.5 Å². The van der Waals surface area contributed by atoms with Gasteiger partial charge in [0.25, 0.3) is 6.43 Å². The van der Waals surface area contributed by atoms with Crippen LogP contribution in [0.5, 0.6) is 5.75 Å². The van der Waals surface area contributed by atoms with Crippen LogP contribution in [0, 0.1) is 0 Å². The molecule has 0 aliphatic rings. The molecule has 0 atom stereocenters. The molecule has 0 heterocycles. The van der Waals surface area contributed by atoms with Crippen LogP contribution in [-0.2, 0) is 15.6 Å². The van der Waals surface area contributed by atoms with E-state index in [2.05, 4.69) is 20.8 Å². The lowest BCUT2D eigenvalue weighted by molar-refractivity contribution is -0.134. The first-order valence-electron chi connectivity index (χ1n) is 10.1. The van der Waals surface area contributed by atoms with Crippen LogP contribution in [0.3, 0.4) is 0 Å². The summed E-state index contributed by atoms with van der Waals surface area (Å²) in [5.41, 5.74) is 2.68. The fourth-order valence-corrected chi connectivity index (χ4v) is 2.88. The first-order chi connectivity index (χ1) is 14.1. The number of carbonyl (C=O) groups is 1. The largest absolute Gasteiger partial charge is 0.487 e. The highest BCUT2D eigenvalue weighted by molar-refractivity contribution is 5.85. The smallest absolute Gasteiger partial charge is 0.365 e. The number of carboxylic acids is 1. The van der Waals surface area contributed by atoms with Gasteiger partial charge in [0.2, 0.25) is 5.83 Å². The van der Waals surface area contributed by atoms with E-state index in [-0.39, 0.29) is 16.4 Å². The van der Waals surface area contributed by atoms with Gasteiger partial charge in [-0.2, -0.15) is 4.39 Å². The predicted octanol–water partition coefficient (Wildman–Crippen LogP) is 7.21. The summed E-state index contributed by atoms with van der Waals surface area (Å²) in [4.78, 5) is 10.7. The second-order valence-electron chi connectivity index (χ2n) is 9.61. The predicted molar refractivity (Wildman–Crippen MR) is 120 cm³/mol. The summed E-state index contributed by atoms with van der Waals surface area (Å²) in [5, 5.41) is 8.73. The number of hydrogen-bond donors (Lipinski definition) is 1. The number of rotatable bonds is 7. The van der Waals surface area contributed by atoms with E-state index in [4.69, 9.17) is 9.84 Å². The number of aliphatic carboxylic acids is 1. The Labute approximate surface area is 183 Å². The lowest BCUT2D eigenvalue weighted by Gasteiger charge is -2.29. The van der Waals surface area contributed by atoms with Crippen molar-refractivity contribution in [2.75, 3.05) is 6.61 Å². The van der Waals surface area contributed by atoms with E-state index in [1.54, 1.807) is 13.0 Å². The number of allylic oxidation sites excluding steroid dienone is 5. The summed E-state index contributed by atoms with van der Waals surface area (Å²) in [6.07, 6.45) is 1.95. The molecule has 6 heteroatoms. The van der Waals surface area contributed by atoms with E-state index < -0.39 is 24.8 Å². The molecule has 0 amide bonds. The number of carboxylic acid groups (broad SMARTS) is 1. The molecule has 1 N–H and O–H groups in total. The summed E-state index contributed by atoms with van der Waals surface area (Å²) in [6.45, 7) is 14.6. The molecule has 0 fully saturated rings. The van der Waals surface area contributed by atoms with Crippen molar-refractivity contribution in [1.29, 1.82) is 0 Å². The van der Waals surface area contributed by atoms with Gasteiger partial charge < -0.3 is 9.84 Å². The minimum atomic E-state index is -2.61. The first kappa shape index (κ1) is 26.5. The van der Waals surface area contributed by atoms with Crippen LogP contribution < -0.4 is 4.74 Å². The van der Waals surface area contributed by atoms with Gasteiger partial charge in [-0.1, -0.05) is 65.8 Å². The molecule has 0 aliphatic heterocycles. The zero-order valence-electron chi connectivity index (χ0n) is 19.6. The van der Waals surface area contributed by atoms with Crippen molar-refractivity contribution in [3.63, 3.8) is 0 Å². The number of ether oxygens (including phenoxy) is 1. The van der Waals surface area contributed by atoms with Crippen LogP contribution in [0.2, 0.25) is 0 Å². The molecule has 0 bridgehead atoms. The standard InChI is InChI=1S/C25H33F3O3/c1-15(10-9-11-16(2)21(28)23(29)30)18-12-17(24(3,4)5)13-19(25(6,7)8)22(18)31-14-20(26)27/h9-13,20H,14H2,1-8H3,(H,29,30)/b11-9+,15-10+,21-16-. The number of hydrogen-bond acceptors (Lipinski definition) is 2. The third kappa shape index (κ3) is 7.60. The second kappa shape index (κ2) is 10.2. The maximum absolute atomic E-state index is 13.5. The molecule has 0 unspecified atom stereocenters. The van der Waals surface area contributed by atoms with E-state index in [9.17, 15) is 18.0 Å². The summed E-state index contributed by atoms with van der Waals surface area (Å²) in [7, 11) is 0.